The molecular formula is C16H15Cl2NO. The lowest BCUT2D eigenvalue weighted by Gasteiger charge is -2.19. The topological polar surface area (TPSA) is 21.3 Å². The van der Waals surface area contributed by atoms with E-state index in [2.05, 4.69) is 17.4 Å². The summed E-state index contributed by atoms with van der Waals surface area (Å²) in [5, 5.41) is 4.49. The number of fused-ring (bicyclic) bond motifs is 1. The van der Waals surface area contributed by atoms with Crippen molar-refractivity contribution in [2.75, 3.05) is 13.7 Å². The normalized spacial score (nSPS) is 14.8. The van der Waals surface area contributed by atoms with E-state index < -0.39 is 0 Å². The van der Waals surface area contributed by atoms with Crippen LogP contribution in [0.2, 0.25) is 10.0 Å². The lowest BCUT2D eigenvalue weighted by atomic mass is 9.96. The second-order valence-electron chi connectivity index (χ2n) is 4.83. The smallest absolute Gasteiger partial charge is 0.122 e. The third kappa shape index (κ3) is 2.39. The number of halogens is 2. The SMILES string of the molecule is CNC(c1ccc2c(c1)CCO2)c1cccc(Cl)c1Cl. The highest BCUT2D eigenvalue weighted by atomic mass is 35.5. The van der Waals surface area contributed by atoms with Crippen LogP contribution >= 0.6 is 23.2 Å². The van der Waals surface area contributed by atoms with Gasteiger partial charge in [0.1, 0.15) is 5.75 Å². The summed E-state index contributed by atoms with van der Waals surface area (Å²) in [6, 6.07) is 12.0. The quantitative estimate of drug-likeness (QED) is 0.916. The molecule has 104 valence electrons. The number of nitrogens with one attached hydrogen (secondary N) is 1. The minimum absolute atomic E-state index is 0.0205. The Morgan fingerprint density at radius 2 is 2.05 bits per heavy atom. The van der Waals surface area contributed by atoms with Gasteiger partial charge in [-0.3, -0.25) is 0 Å². The van der Waals surface area contributed by atoms with Crippen molar-refractivity contribution in [2.45, 2.75) is 12.5 Å². The van der Waals surface area contributed by atoms with Gasteiger partial charge in [0.15, 0.2) is 0 Å². The Hall–Kier alpha value is -1.22. The average Bonchev–Trinajstić information content (AvgIpc) is 2.92. The first-order chi connectivity index (χ1) is 9.70. The highest BCUT2D eigenvalue weighted by molar-refractivity contribution is 6.42. The van der Waals surface area contributed by atoms with E-state index in [4.69, 9.17) is 27.9 Å². The summed E-state index contributed by atoms with van der Waals surface area (Å²) in [6.07, 6.45) is 0.961. The first kappa shape index (κ1) is 13.7. The minimum Gasteiger partial charge on any atom is -0.493 e. The van der Waals surface area contributed by atoms with Crippen molar-refractivity contribution in [3.05, 3.63) is 63.1 Å². The Morgan fingerprint density at radius 3 is 2.85 bits per heavy atom. The molecule has 0 saturated carbocycles. The molecule has 1 aliphatic rings. The van der Waals surface area contributed by atoms with Gasteiger partial charge in [0.25, 0.3) is 0 Å². The summed E-state index contributed by atoms with van der Waals surface area (Å²) < 4.78 is 5.55. The maximum Gasteiger partial charge on any atom is 0.122 e. The number of rotatable bonds is 3. The summed E-state index contributed by atoms with van der Waals surface area (Å²) in [5.41, 5.74) is 3.40. The van der Waals surface area contributed by atoms with Crippen LogP contribution in [0.25, 0.3) is 0 Å². The van der Waals surface area contributed by atoms with Crippen molar-refractivity contribution in [1.82, 2.24) is 5.32 Å². The lowest BCUT2D eigenvalue weighted by molar-refractivity contribution is 0.357. The van der Waals surface area contributed by atoms with Gasteiger partial charge in [-0.1, -0.05) is 47.5 Å². The zero-order valence-corrected chi connectivity index (χ0v) is 12.6. The van der Waals surface area contributed by atoms with Crippen LogP contribution in [0.5, 0.6) is 5.75 Å². The molecule has 1 unspecified atom stereocenters. The molecule has 0 spiro atoms. The molecule has 1 aliphatic heterocycles. The molecule has 4 heteroatoms. The largest absolute Gasteiger partial charge is 0.493 e. The van der Waals surface area contributed by atoms with Crippen LogP contribution in [-0.4, -0.2) is 13.7 Å². The highest BCUT2D eigenvalue weighted by Crippen LogP contribution is 2.35. The number of hydrogen-bond acceptors (Lipinski definition) is 2. The number of benzene rings is 2. The van der Waals surface area contributed by atoms with Gasteiger partial charge in [-0.15, -0.1) is 0 Å². The van der Waals surface area contributed by atoms with E-state index >= 15 is 0 Å². The summed E-state index contributed by atoms with van der Waals surface area (Å²) >= 11 is 12.5. The molecule has 3 rings (SSSR count). The van der Waals surface area contributed by atoms with Crippen molar-refractivity contribution in [2.24, 2.45) is 0 Å². The molecule has 0 radical (unpaired) electrons. The molecular weight excluding hydrogens is 293 g/mol. The number of ether oxygens (including phenoxy) is 1. The third-order valence-corrected chi connectivity index (χ3v) is 4.46. The van der Waals surface area contributed by atoms with E-state index in [0.29, 0.717) is 10.0 Å². The van der Waals surface area contributed by atoms with Crippen molar-refractivity contribution in [3.8, 4) is 5.75 Å². The van der Waals surface area contributed by atoms with Gasteiger partial charge in [0.05, 0.1) is 22.7 Å². The molecule has 2 nitrogen and oxygen atoms in total. The fraction of sp³-hybridized carbons (Fsp3) is 0.250. The van der Waals surface area contributed by atoms with Crippen molar-refractivity contribution >= 4 is 23.2 Å². The van der Waals surface area contributed by atoms with E-state index in [9.17, 15) is 0 Å². The average molecular weight is 308 g/mol. The third-order valence-electron chi connectivity index (χ3n) is 3.63. The second kappa shape index (κ2) is 5.65. The van der Waals surface area contributed by atoms with Gasteiger partial charge >= 0.3 is 0 Å². The van der Waals surface area contributed by atoms with E-state index in [0.717, 1.165) is 24.3 Å². The molecule has 20 heavy (non-hydrogen) atoms. The Labute approximate surface area is 128 Å². The van der Waals surface area contributed by atoms with Gasteiger partial charge in [-0.25, -0.2) is 0 Å². The maximum absolute atomic E-state index is 6.34. The molecule has 2 aromatic rings. The standard InChI is InChI=1S/C16H15Cl2NO/c1-19-16(12-3-2-4-13(17)15(12)18)11-5-6-14-10(9-11)7-8-20-14/h2-6,9,16,19H,7-8H2,1H3. The molecule has 0 amide bonds. The van der Waals surface area contributed by atoms with E-state index in [1.165, 1.54) is 11.1 Å². The van der Waals surface area contributed by atoms with Gasteiger partial charge < -0.3 is 10.1 Å². The predicted molar refractivity (Wildman–Crippen MR) is 83.0 cm³/mol. The van der Waals surface area contributed by atoms with E-state index in [-0.39, 0.29) is 6.04 Å². The van der Waals surface area contributed by atoms with Crippen LogP contribution in [0.4, 0.5) is 0 Å². The van der Waals surface area contributed by atoms with Crippen LogP contribution in [0.15, 0.2) is 36.4 Å². The fourth-order valence-corrected chi connectivity index (χ4v) is 3.05. The predicted octanol–water partition coefficient (Wildman–Crippen LogP) is 4.24. The molecule has 0 aromatic heterocycles. The Kier molecular flexibility index (Phi) is 3.88. The summed E-state index contributed by atoms with van der Waals surface area (Å²) in [4.78, 5) is 0. The van der Waals surface area contributed by atoms with Crippen molar-refractivity contribution < 1.29 is 4.74 Å². The Balaban J connectivity index is 2.03. The molecule has 0 fully saturated rings. The van der Waals surface area contributed by atoms with Crippen LogP contribution in [0.1, 0.15) is 22.7 Å². The van der Waals surface area contributed by atoms with Gasteiger partial charge in [0.2, 0.25) is 0 Å². The first-order valence-electron chi connectivity index (χ1n) is 6.57. The maximum atomic E-state index is 6.34. The zero-order valence-electron chi connectivity index (χ0n) is 11.1. The van der Waals surface area contributed by atoms with Gasteiger partial charge in [-0.2, -0.15) is 0 Å². The van der Waals surface area contributed by atoms with Crippen molar-refractivity contribution in [3.63, 3.8) is 0 Å². The Bertz CT molecular complexity index is 642. The van der Waals surface area contributed by atoms with Crippen LogP contribution in [0, 0.1) is 0 Å². The first-order valence-corrected chi connectivity index (χ1v) is 7.33. The van der Waals surface area contributed by atoms with E-state index in [1.807, 2.05) is 25.2 Å². The molecule has 0 bridgehead atoms. The molecule has 1 heterocycles. The monoisotopic (exact) mass is 307 g/mol. The Morgan fingerprint density at radius 1 is 1.20 bits per heavy atom. The highest BCUT2D eigenvalue weighted by Gasteiger charge is 2.19. The summed E-state index contributed by atoms with van der Waals surface area (Å²) in [6.45, 7) is 0.765. The van der Waals surface area contributed by atoms with Crippen LogP contribution < -0.4 is 10.1 Å². The molecule has 1 atom stereocenters. The number of hydrogen-bond donors (Lipinski definition) is 1. The summed E-state index contributed by atoms with van der Waals surface area (Å²) in [7, 11) is 1.92. The lowest BCUT2D eigenvalue weighted by Crippen LogP contribution is -2.18. The molecule has 2 aromatic carbocycles. The van der Waals surface area contributed by atoms with E-state index in [1.54, 1.807) is 6.07 Å². The van der Waals surface area contributed by atoms with Crippen LogP contribution in [-0.2, 0) is 6.42 Å². The minimum atomic E-state index is 0.0205. The van der Waals surface area contributed by atoms with Crippen molar-refractivity contribution in [1.29, 1.82) is 0 Å². The molecule has 0 aliphatic carbocycles. The zero-order chi connectivity index (χ0) is 14.1. The van der Waals surface area contributed by atoms with Gasteiger partial charge in [0, 0.05) is 6.42 Å². The summed E-state index contributed by atoms with van der Waals surface area (Å²) in [5.74, 6) is 0.987. The van der Waals surface area contributed by atoms with Gasteiger partial charge in [-0.05, 0) is 35.9 Å². The second-order valence-corrected chi connectivity index (χ2v) is 5.62. The fourth-order valence-electron chi connectivity index (χ4n) is 2.63. The molecule has 0 saturated heterocycles. The molecule has 1 N–H and O–H groups in total. The van der Waals surface area contributed by atoms with Crippen LogP contribution in [0.3, 0.4) is 0 Å².